The minimum atomic E-state index is -3.09. The second kappa shape index (κ2) is 6.37. The van der Waals surface area contributed by atoms with Gasteiger partial charge in [-0.1, -0.05) is 13.8 Å². The lowest BCUT2D eigenvalue weighted by Crippen LogP contribution is -2.38. The number of sulfonamides is 1. The van der Waals surface area contributed by atoms with Crippen LogP contribution in [-0.4, -0.2) is 38.1 Å². The van der Waals surface area contributed by atoms with E-state index in [0.717, 1.165) is 12.8 Å². The molecule has 0 radical (unpaired) electrons. The molecule has 0 atom stereocenters. The number of hydrogen-bond donors (Lipinski definition) is 1. The Morgan fingerprint density at radius 3 is 2.14 bits per heavy atom. The van der Waals surface area contributed by atoms with E-state index < -0.39 is 10.0 Å². The van der Waals surface area contributed by atoms with E-state index in [1.165, 1.54) is 4.31 Å². The van der Waals surface area contributed by atoms with Crippen LogP contribution in [0.3, 0.4) is 0 Å². The van der Waals surface area contributed by atoms with Crippen molar-refractivity contribution in [1.29, 1.82) is 0 Å². The molecule has 0 heterocycles. The molecular weight excluding hydrogens is 200 g/mol. The molecule has 0 aromatic carbocycles. The van der Waals surface area contributed by atoms with Gasteiger partial charge in [0.25, 0.3) is 0 Å². The SMILES string of the molecule is CCC(CC)N(C)S(=O)(=O)CCCN. The Morgan fingerprint density at radius 1 is 1.29 bits per heavy atom. The topological polar surface area (TPSA) is 63.4 Å². The maximum absolute atomic E-state index is 11.7. The number of nitrogens with zero attached hydrogens (tertiary/aromatic N) is 1. The van der Waals surface area contributed by atoms with Crippen molar-refractivity contribution in [1.82, 2.24) is 4.31 Å². The molecule has 86 valence electrons. The van der Waals surface area contributed by atoms with E-state index in [-0.39, 0.29) is 11.8 Å². The summed E-state index contributed by atoms with van der Waals surface area (Å²) >= 11 is 0. The fourth-order valence-electron chi connectivity index (χ4n) is 1.44. The second-order valence-corrected chi connectivity index (χ2v) is 5.59. The second-order valence-electron chi connectivity index (χ2n) is 3.44. The van der Waals surface area contributed by atoms with Gasteiger partial charge >= 0.3 is 0 Å². The lowest BCUT2D eigenvalue weighted by atomic mass is 10.2. The summed E-state index contributed by atoms with van der Waals surface area (Å²) in [5.74, 6) is 0.163. The molecule has 0 bridgehead atoms. The molecule has 5 heteroatoms. The van der Waals surface area contributed by atoms with Gasteiger partial charge in [0, 0.05) is 13.1 Å². The third-order valence-electron chi connectivity index (χ3n) is 2.50. The van der Waals surface area contributed by atoms with E-state index >= 15 is 0 Å². The zero-order chi connectivity index (χ0) is 11.2. The molecule has 0 aliphatic rings. The van der Waals surface area contributed by atoms with Gasteiger partial charge in [-0.15, -0.1) is 0 Å². The zero-order valence-electron chi connectivity index (χ0n) is 9.36. The van der Waals surface area contributed by atoms with Crippen LogP contribution in [0.25, 0.3) is 0 Å². The molecule has 14 heavy (non-hydrogen) atoms. The highest BCUT2D eigenvalue weighted by molar-refractivity contribution is 7.89. The smallest absolute Gasteiger partial charge is 0.214 e. The van der Waals surface area contributed by atoms with E-state index in [2.05, 4.69) is 0 Å². The summed E-state index contributed by atoms with van der Waals surface area (Å²) in [6, 6.07) is 0.123. The summed E-state index contributed by atoms with van der Waals surface area (Å²) in [6.07, 6.45) is 2.25. The van der Waals surface area contributed by atoms with E-state index in [9.17, 15) is 8.42 Å². The van der Waals surface area contributed by atoms with Crippen molar-refractivity contribution in [2.75, 3.05) is 19.3 Å². The van der Waals surface area contributed by atoms with Crippen molar-refractivity contribution in [2.45, 2.75) is 39.2 Å². The van der Waals surface area contributed by atoms with Gasteiger partial charge in [-0.25, -0.2) is 12.7 Å². The third kappa shape index (κ3) is 3.94. The highest BCUT2D eigenvalue weighted by Gasteiger charge is 2.22. The van der Waals surface area contributed by atoms with Gasteiger partial charge in [0.15, 0.2) is 0 Å². The Kier molecular flexibility index (Phi) is 6.31. The van der Waals surface area contributed by atoms with Crippen molar-refractivity contribution in [3.63, 3.8) is 0 Å². The molecular formula is C9H22N2O2S. The Bertz CT molecular complexity index is 235. The van der Waals surface area contributed by atoms with E-state index in [0.29, 0.717) is 13.0 Å². The molecule has 2 N–H and O–H groups in total. The minimum Gasteiger partial charge on any atom is -0.330 e. The molecule has 0 rings (SSSR count). The first kappa shape index (κ1) is 13.9. The number of hydrogen-bond acceptors (Lipinski definition) is 3. The number of rotatable bonds is 7. The first-order chi connectivity index (χ1) is 6.49. The lowest BCUT2D eigenvalue weighted by Gasteiger charge is -2.25. The maximum Gasteiger partial charge on any atom is 0.214 e. The average Bonchev–Trinajstić information content (AvgIpc) is 2.16. The highest BCUT2D eigenvalue weighted by atomic mass is 32.2. The summed E-state index contributed by atoms with van der Waals surface area (Å²) in [5.41, 5.74) is 5.29. The summed E-state index contributed by atoms with van der Waals surface area (Å²) in [7, 11) is -1.44. The Balaban J connectivity index is 4.40. The van der Waals surface area contributed by atoms with Crippen LogP contribution in [0, 0.1) is 0 Å². The first-order valence-corrected chi connectivity index (χ1v) is 6.76. The predicted molar refractivity (Wildman–Crippen MR) is 59.6 cm³/mol. The van der Waals surface area contributed by atoms with Crippen LogP contribution in [0.1, 0.15) is 33.1 Å². The van der Waals surface area contributed by atoms with Crippen molar-refractivity contribution < 1.29 is 8.42 Å². The third-order valence-corrected chi connectivity index (χ3v) is 4.48. The molecule has 0 aliphatic heterocycles. The van der Waals surface area contributed by atoms with Crippen LogP contribution >= 0.6 is 0 Å². The fourth-order valence-corrected chi connectivity index (χ4v) is 3.01. The quantitative estimate of drug-likeness (QED) is 0.692. The summed E-state index contributed by atoms with van der Waals surface area (Å²) < 4.78 is 24.9. The molecule has 0 aromatic rings. The van der Waals surface area contributed by atoms with Crippen LogP contribution in [0.15, 0.2) is 0 Å². The Morgan fingerprint density at radius 2 is 1.79 bits per heavy atom. The van der Waals surface area contributed by atoms with Crippen LogP contribution in [0.5, 0.6) is 0 Å². The molecule has 0 unspecified atom stereocenters. The fraction of sp³-hybridized carbons (Fsp3) is 1.00. The van der Waals surface area contributed by atoms with E-state index in [1.807, 2.05) is 13.8 Å². The summed E-state index contributed by atoms with van der Waals surface area (Å²) in [6.45, 7) is 4.43. The van der Waals surface area contributed by atoms with Crippen LogP contribution in [0.4, 0.5) is 0 Å². The predicted octanol–water partition coefficient (Wildman–Crippen LogP) is 0.785. The molecule has 0 amide bonds. The van der Waals surface area contributed by atoms with Crippen LogP contribution in [0.2, 0.25) is 0 Å². The summed E-state index contributed by atoms with van der Waals surface area (Å²) in [4.78, 5) is 0. The molecule has 0 aliphatic carbocycles. The van der Waals surface area contributed by atoms with Gasteiger partial charge in [0.05, 0.1) is 5.75 Å². The number of nitrogens with two attached hydrogens (primary N) is 1. The largest absolute Gasteiger partial charge is 0.330 e. The monoisotopic (exact) mass is 222 g/mol. The van der Waals surface area contributed by atoms with Crippen molar-refractivity contribution in [2.24, 2.45) is 5.73 Å². The van der Waals surface area contributed by atoms with E-state index in [4.69, 9.17) is 5.73 Å². The van der Waals surface area contributed by atoms with E-state index in [1.54, 1.807) is 7.05 Å². The standard InChI is InChI=1S/C9H22N2O2S/c1-4-9(5-2)11(3)14(12,13)8-6-7-10/h9H,4-8,10H2,1-3H3. The Labute approximate surface area is 87.5 Å². The van der Waals surface area contributed by atoms with Gasteiger partial charge < -0.3 is 5.73 Å². The molecule has 0 aromatic heterocycles. The highest BCUT2D eigenvalue weighted by Crippen LogP contribution is 2.11. The average molecular weight is 222 g/mol. The maximum atomic E-state index is 11.7. The van der Waals surface area contributed by atoms with Crippen molar-refractivity contribution in [3.05, 3.63) is 0 Å². The lowest BCUT2D eigenvalue weighted by molar-refractivity contribution is 0.349. The summed E-state index contributed by atoms with van der Waals surface area (Å²) in [5, 5.41) is 0. The van der Waals surface area contributed by atoms with Crippen LogP contribution < -0.4 is 5.73 Å². The molecule has 0 saturated heterocycles. The van der Waals surface area contributed by atoms with Gasteiger partial charge in [0.1, 0.15) is 0 Å². The molecule has 0 spiro atoms. The molecule has 4 nitrogen and oxygen atoms in total. The van der Waals surface area contributed by atoms with Crippen LogP contribution in [-0.2, 0) is 10.0 Å². The van der Waals surface area contributed by atoms with Gasteiger partial charge in [-0.3, -0.25) is 0 Å². The van der Waals surface area contributed by atoms with Gasteiger partial charge in [-0.05, 0) is 25.8 Å². The van der Waals surface area contributed by atoms with Crippen molar-refractivity contribution >= 4 is 10.0 Å². The first-order valence-electron chi connectivity index (χ1n) is 5.15. The van der Waals surface area contributed by atoms with Gasteiger partial charge in [-0.2, -0.15) is 0 Å². The normalized spacial score (nSPS) is 12.7. The van der Waals surface area contributed by atoms with Crippen molar-refractivity contribution in [3.8, 4) is 0 Å². The molecule has 0 fully saturated rings. The molecule has 0 saturated carbocycles. The van der Waals surface area contributed by atoms with Gasteiger partial charge in [0.2, 0.25) is 10.0 Å². The Hall–Kier alpha value is -0.130. The zero-order valence-corrected chi connectivity index (χ0v) is 10.2. The minimum absolute atomic E-state index is 0.123.